The van der Waals surface area contributed by atoms with Gasteiger partial charge in [-0.05, 0) is 35.6 Å². The Bertz CT molecular complexity index is 920. The van der Waals surface area contributed by atoms with Crippen LogP contribution in [0.5, 0.6) is 0 Å². The lowest BCUT2D eigenvalue weighted by molar-refractivity contribution is 1.11. The predicted octanol–water partition coefficient (Wildman–Crippen LogP) is 4.11. The number of hydrogen-bond acceptors (Lipinski definition) is 2. The van der Waals surface area contributed by atoms with Gasteiger partial charge in [0.2, 0.25) is 0 Å². The van der Waals surface area contributed by atoms with Gasteiger partial charge in [-0.25, -0.2) is 0 Å². The minimum atomic E-state index is 0.878. The lowest BCUT2D eigenvalue weighted by Gasteiger charge is -2.05. The van der Waals surface area contributed by atoms with E-state index in [1.807, 2.05) is 18.2 Å². The summed E-state index contributed by atoms with van der Waals surface area (Å²) in [5, 5.41) is 9.88. The lowest BCUT2D eigenvalue weighted by atomic mass is 10.1. The van der Waals surface area contributed by atoms with Gasteiger partial charge in [0.25, 0.3) is 0 Å². The first-order valence-corrected chi connectivity index (χ1v) is 7.19. The van der Waals surface area contributed by atoms with Gasteiger partial charge in [0.1, 0.15) is 0 Å². The van der Waals surface area contributed by atoms with Crippen LogP contribution in [0.3, 0.4) is 0 Å². The van der Waals surface area contributed by atoms with Crippen molar-refractivity contribution >= 4 is 16.6 Å². The van der Waals surface area contributed by atoms with Gasteiger partial charge in [-0.15, -0.1) is 10.2 Å². The van der Waals surface area contributed by atoms with Crippen molar-refractivity contribution in [1.29, 1.82) is 0 Å². The molecule has 0 bridgehead atoms. The van der Waals surface area contributed by atoms with Crippen molar-refractivity contribution in [2.45, 2.75) is 13.3 Å². The van der Waals surface area contributed by atoms with Crippen molar-refractivity contribution in [3.63, 3.8) is 0 Å². The highest BCUT2D eigenvalue weighted by Crippen LogP contribution is 2.24. The van der Waals surface area contributed by atoms with Gasteiger partial charge in [0.05, 0.1) is 5.52 Å². The van der Waals surface area contributed by atoms with Crippen LogP contribution in [0.2, 0.25) is 0 Å². The first-order chi connectivity index (χ1) is 10.4. The van der Waals surface area contributed by atoms with E-state index in [0.717, 1.165) is 29.0 Å². The molecule has 0 atom stereocenters. The Morgan fingerprint density at radius 1 is 0.857 bits per heavy atom. The number of hydrogen-bond donors (Lipinski definition) is 0. The molecule has 0 N–H and O–H groups in total. The molecule has 3 nitrogen and oxygen atoms in total. The van der Waals surface area contributed by atoms with E-state index in [1.165, 1.54) is 10.9 Å². The molecule has 0 fully saturated rings. The summed E-state index contributed by atoms with van der Waals surface area (Å²) in [7, 11) is 0. The zero-order valence-corrected chi connectivity index (χ0v) is 11.8. The average Bonchev–Trinajstić information content (AvgIpc) is 2.99. The van der Waals surface area contributed by atoms with E-state index < -0.39 is 0 Å². The van der Waals surface area contributed by atoms with Crippen LogP contribution in [-0.4, -0.2) is 14.6 Å². The lowest BCUT2D eigenvalue weighted by Crippen LogP contribution is -1.92. The molecular formula is C18H15N3. The summed E-state index contributed by atoms with van der Waals surface area (Å²) in [5.41, 5.74) is 4.44. The summed E-state index contributed by atoms with van der Waals surface area (Å²) in [6.45, 7) is 2.16. The van der Waals surface area contributed by atoms with Gasteiger partial charge in [0, 0.05) is 5.56 Å². The third-order valence-corrected chi connectivity index (χ3v) is 3.90. The molecule has 0 radical (unpaired) electrons. The fourth-order valence-corrected chi connectivity index (χ4v) is 2.71. The van der Waals surface area contributed by atoms with Crippen LogP contribution in [0.4, 0.5) is 0 Å². The SMILES string of the molecule is CCc1ccc(-c2nnc3ccc4ccccc4n23)cc1. The molecule has 102 valence electrons. The summed E-state index contributed by atoms with van der Waals surface area (Å²) < 4.78 is 2.12. The molecule has 4 rings (SSSR count). The van der Waals surface area contributed by atoms with Gasteiger partial charge in [-0.3, -0.25) is 4.40 Å². The first kappa shape index (κ1) is 12.1. The van der Waals surface area contributed by atoms with Gasteiger partial charge in [-0.2, -0.15) is 0 Å². The molecule has 0 spiro atoms. The smallest absolute Gasteiger partial charge is 0.168 e. The van der Waals surface area contributed by atoms with Crippen molar-refractivity contribution in [3.8, 4) is 11.4 Å². The quantitative estimate of drug-likeness (QED) is 0.550. The average molecular weight is 273 g/mol. The molecule has 0 unspecified atom stereocenters. The molecule has 4 aromatic rings. The number of nitrogens with zero attached hydrogens (tertiary/aromatic N) is 3. The highest BCUT2D eigenvalue weighted by molar-refractivity contribution is 5.83. The number of para-hydroxylation sites is 1. The van der Waals surface area contributed by atoms with Crippen molar-refractivity contribution in [3.05, 3.63) is 66.2 Å². The molecule has 2 aromatic carbocycles. The number of aryl methyl sites for hydroxylation is 1. The molecule has 2 heterocycles. The molecule has 0 saturated heterocycles. The Kier molecular flexibility index (Phi) is 2.71. The maximum absolute atomic E-state index is 4.38. The van der Waals surface area contributed by atoms with Crippen LogP contribution >= 0.6 is 0 Å². The largest absolute Gasteiger partial charge is 0.275 e. The normalized spacial score (nSPS) is 11.3. The van der Waals surface area contributed by atoms with E-state index in [-0.39, 0.29) is 0 Å². The van der Waals surface area contributed by atoms with E-state index in [2.05, 4.69) is 64.0 Å². The molecule has 3 heteroatoms. The maximum atomic E-state index is 4.38. The predicted molar refractivity (Wildman–Crippen MR) is 85.3 cm³/mol. The Morgan fingerprint density at radius 2 is 1.67 bits per heavy atom. The fourth-order valence-electron chi connectivity index (χ4n) is 2.71. The van der Waals surface area contributed by atoms with Gasteiger partial charge in [-0.1, -0.05) is 49.4 Å². The standard InChI is InChI=1S/C18H15N3/c1-2-13-7-9-15(10-8-13)18-20-19-17-12-11-14-5-3-4-6-16(14)21(17)18/h3-12H,2H2,1H3. The molecule has 0 aliphatic rings. The van der Waals surface area contributed by atoms with Crippen molar-refractivity contribution in [1.82, 2.24) is 14.6 Å². The third kappa shape index (κ3) is 1.89. The van der Waals surface area contributed by atoms with E-state index >= 15 is 0 Å². The second kappa shape index (κ2) is 4.70. The fraction of sp³-hybridized carbons (Fsp3) is 0.111. The number of pyridine rings is 1. The second-order valence-corrected chi connectivity index (χ2v) is 5.16. The summed E-state index contributed by atoms with van der Waals surface area (Å²) in [6, 6.07) is 21.0. The minimum Gasteiger partial charge on any atom is -0.275 e. The van der Waals surface area contributed by atoms with Crippen molar-refractivity contribution < 1.29 is 0 Å². The first-order valence-electron chi connectivity index (χ1n) is 7.19. The summed E-state index contributed by atoms with van der Waals surface area (Å²) in [6.07, 6.45) is 1.05. The Morgan fingerprint density at radius 3 is 2.48 bits per heavy atom. The zero-order valence-electron chi connectivity index (χ0n) is 11.8. The minimum absolute atomic E-state index is 0.878. The van der Waals surface area contributed by atoms with Gasteiger partial charge < -0.3 is 0 Å². The van der Waals surface area contributed by atoms with Crippen LogP contribution < -0.4 is 0 Å². The molecule has 2 aromatic heterocycles. The summed E-state index contributed by atoms with van der Waals surface area (Å²) >= 11 is 0. The number of rotatable bonds is 2. The van der Waals surface area contributed by atoms with Gasteiger partial charge >= 0.3 is 0 Å². The Hall–Kier alpha value is -2.68. The Labute approximate surface area is 122 Å². The zero-order chi connectivity index (χ0) is 14.2. The number of fused-ring (bicyclic) bond motifs is 3. The molecule has 0 amide bonds. The topological polar surface area (TPSA) is 30.2 Å². The van der Waals surface area contributed by atoms with Crippen molar-refractivity contribution in [2.75, 3.05) is 0 Å². The molecular weight excluding hydrogens is 258 g/mol. The maximum Gasteiger partial charge on any atom is 0.168 e. The van der Waals surface area contributed by atoms with Gasteiger partial charge in [0.15, 0.2) is 11.5 Å². The van der Waals surface area contributed by atoms with Crippen LogP contribution in [0, 0.1) is 0 Å². The molecule has 0 aliphatic carbocycles. The van der Waals surface area contributed by atoms with Crippen LogP contribution in [-0.2, 0) is 6.42 Å². The summed E-state index contributed by atoms with van der Waals surface area (Å²) in [4.78, 5) is 0. The second-order valence-electron chi connectivity index (χ2n) is 5.16. The van der Waals surface area contributed by atoms with Crippen LogP contribution in [0.15, 0.2) is 60.7 Å². The summed E-state index contributed by atoms with van der Waals surface area (Å²) in [5.74, 6) is 0.893. The number of aromatic nitrogens is 3. The molecule has 0 aliphatic heterocycles. The Balaban J connectivity index is 2.01. The number of benzene rings is 2. The van der Waals surface area contributed by atoms with E-state index in [4.69, 9.17) is 0 Å². The highest BCUT2D eigenvalue weighted by atomic mass is 15.2. The van der Waals surface area contributed by atoms with Crippen LogP contribution in [0.1, 0.15) is 12.5 Å². The molecule has 0 saturated carbocycles. The molecule has 21 heavy (non-hydrogen) atoms. The highest BCUT2D eigenvalue weighted by Gasteiger charge is 2.10. The van der Waals surface area contributed by atoms with E-state index in [0.29, 0.717) is 0 Å². The van der Waals surface area contributed by atoms with Crippen molar-refractivity contribution in [2.24, 2.45) is 0 Å². The van der Waals surface area contributed by atoms with E-state index in [9.17, 15) is 0 Å². The van der Waals surface area contributed by atoms with E-state index in [1.54, 1.807) is 0 Å². The monoisotopic (exact) mass is 273 g/mol. The van der Waals surface area contributed by atoms with Crippen LogP contribution in [0.25, 0.3) is 27.9 Å². The third-order valence-electron chi connectivity index (χ3n) is 3.90.